The fraction of sp³-hybridized carbons (Fsp3) is 0.381. The van der Waals surface area contributed by atoms with Crippen molar-refractivity contribution in [2.24, 2.45) is 0 Å². The number of aromatic nitrogens is 6. The number of methoxy groups -OCH3 is 1. The molecule has 0 aromatic carbocycles. The van der Waals surface area contributed by atoms with Gasteiger partial charge in [0.05, 0.1) is 30.9 Å². The maximum atomic E-state index is 11.7. The third-order valence-corrected chi connectivity index (χ3v) is 7.32. The lowest BCUT2D eigenvalue weighted by Gasteiger charge is -2.15. The Balaban J connectivity index is 1.54. The van der Waals surface area contributed by atoms with Crippen molar-refractivity contribution >= 4 is 42.0 Å². The third-order valence-electron chi connectivity index (χ3n) is 4.91. The van der Waals surface area contributed by atoms with Crippen LogP contribution < -0.4 is 5.32 Å². The molecule has 0 amide bonds. The van der Waals surface area contributed by atoms with Gasteiger partial charge in [0.25, 0.3) is 0 Å². The summed E-state index contributed by atoms with van der Waals surface area (Å²) in [7, 11) is 0.214. The zero-order valence-electron chi connectivity index (χ0n) is 19.3. The molecule has 174 valence electrons. The zero-order valence-corrected chi connectivity index (χ0v) is 21.1. The van der Waals surface area contributed by atoms with Crippen LogP contribution in [0.3, 0.4) is 0 Å². The summed E-state index contributed by atoms with van der Waals surface area (Å²) in [5, 5.41) is 8.32. The third kappa shape index (κ3) is 5.46. The molecule has 0 fully saturated rings. The second-order valence-corrected chi connectivity index (χ2v) is 15.3. The summed E-state index contributed by atoms with van der Waals surface area (Å²) < 4.78 is 18.4. The number of rotatable bonds is 9. The first-order valence-electron chi connectivity index (χ1n) is 10.5. The highest BCUT2D eigenvalue weighted by atomic mass is 32.1. The van der Waals surface area contributed by atoms with E-state index in [2.05, 4.69) is 44.4 Å². The number of nitrogens with zero attached hydrogens (tertiary/aromatic N) is 6. The Morgan fingerprint density at radius 1 is 1.24 bits per heavy atom. The molecule has 4 heterocycles. The number of imidazole rings is 1. The Morgan fingerprint density at radius 3 is 2.82 bits per heavy atom. The number of nitrogens with one attached hydrogen (secondary N) is 1. The monoisotopic (exact) mass is 485 g/mol. The van der Waals surface area contributed by atoms with Gasteiger partial charge in [-0.2, -0.15) is 9.47 Å². The van der Waals surface area contributed by atoms with Crippen molar-refractivity contribution in [1.82, 2.24) is 28.5 Å². The fourth-order valence-electron chi connectivity index (χ4n) is 3.16. The lowest BCUT2D eigenvalue weighted by Crippen LogP contribution is -2.22. The van der Waals surface area contributed by atoms with E-state index < -0.39 is 14.0 Å². The van der Waals surface area contributed by atoms with Crippen LogP contribution in [0.15, 0.2) is 30.9 Å². The average molecular weight is 486 g/mol. The van der Waals surface area contributed by atoms with Crippen molar-refractivity contribution < 1.29 is 14.3 Å². The molecule has 1 N–H and O–H groups in total. The fourth-order valence-corrected chi connectivity index (χ4v) is 4.55. The van der Waals surface area contributed by atoms with Crippen LogP contribution in [0.4, 0.5) is 10.8 Å². The van der Waals surface area contributed by atoms with Gasteiger partial charge in [-0.15, -0.1) is 0 Å². The topological polar surface area (TPSA) is 108 Å². The smallest absolute Gasteiger partial charge is 0.357 e. The number of hydrogen-bond donors (Lipinski definition) is 1. The SMILES string of the molecule is COC(=O)c1cc(Nc2nc(C)cn3c(-c4cnn(COCC[Si](C)(C)C)c4)cnc23)sn1. The highest BCUT2D eigenvalue weighted by Crippen LogP contribution is 2.27. The highest BCUT2D eigenvalue weighted by Gasteiger charge is 2.16. The highest BCUT2D eigenvalue weighted by molar-refractivity contribution is 7.10. The number of carbonyl (C=O) groups excluding carboxylic acids is 1. The lowest BCUT2D eigenvalue weighted by atomic mass is 10.3. The van der Waals surface area contributed by atoms with Crippen molar-refractivity contribution in [2.75, 3.05) is 19.0 Å². The van der Waals surface area contributed by atoms with Crippen molar-refractivity contribution in [2.45, 2.75) is 39.3 Å². The summed E-state index contributed by atoms with van der Waals surface area (Å²) >= 11 is 1.16. The summed E-state index contributed by atoms with van der Waals surface area (Å²) in [6.07, 6.45) is 7.48. The Labute approximate surface area is 196 Å². The molecule has 0 unspecified atom stereocenters. The number of esters is 1. The molecule has 10 nitrogen and oxygen atoms in total. The maximum absolute atomic E-state index is 11.7. The normalized spacial score (nSPS) is 11.8. The minimum absolute atomic E-state index is 0.247. The molecule has 0 spiro atoms. The van der Waals surface area contributed by atoms with Gasteiger partial charge in [-0.3, -0.25) is 4.40 Å². The quantitative estimate of drug-likeness (QED) is 0.213. The number of anilines is 2. The Bertz CT molecular complexity index is 1270. The first-order valence-corrected chi connectivity index (χ1v) is 15.0. The molecule has 0 aliphatic heterocycles. The van der Waals surface area contributed by atoms with E-state index in [4.69, 9.17) is 9.47 Å². The molecule has 0 saturated heterocycles. The molecular weight excluding hydrogens is 458 g/mol. The van der Waals surface area contributed by atoms with Crippen LogP contribution in [-0.2, 0) is 16.2 Å². The summed E-state index contributed by atoms with van der Waals surface area (Å²) in [5.41, 5.74) is 3.54. The van der Waals surface area contributed by atoms with Crippen molar-refractivity contribution in [1.29, 1.82) is 0 Å². The van der Waals surface area contributed by atoms with Crippen molar-refractivity contribution in [3.05, 3.63) is 42.2 Å². The van der Waals surface area contributed by atoms with Crippen LogP contribution in [0.25, 0.3) is 16.9 Å². The molecule has 0 saturated carbocycles. The molecule has 4 rings (SSSR count). The number of hydrogen-bond acceptors (Lipinski definition) is 9. The number of ether oxygens (including phenoxy) is 2. The largest absolute Gasteiger partial charge is 0.464 e. The van der Waals surface area contributed by atoms with E-state index in [9.17, 15) is 4.79 Å². The van der Waals surface area contributed by atoms with Crippen LogP contribution in [0.2, 0.25) is 25.7 Å². The predicted octanol–water partition coefficient (Wildman–Crippen LogP) is 4.20. The number of fused-ring (bicyclic) bond motifs is 1. The van der Waals surface area contributed by atoms with Crippen LogP contribution in [0, 0.1) is 6.92 Å². The summed E-state index contributed by atoms with van der Waals surface area (Å²) in [4.78, 5) is 20.8. The standard InChI is InChI=1S/C21H27N7O3SSi/c1-14-11-28-17(15-9-23-27(12-15)13-31-6-7-33(3,4)5)10-22-20(28)19(24-14)25-18-8-16(26-32-18)21(29)30-2/h8-12H,6-7,13H2,1-5H3,(H,24,25). The average Bonchev–Trinajstić information content (AvgIpc) is 3.49. The second kappa shape index (κ2) is 9.41. The first-order chi connectivity index (χ1) is 15.7. The van der Waals surface area contributed by atoms with Crippen LogP contribution in [0.1, 0.15) is 16.2 Å². The van der Waals surface area contributed by atoms with E-state index >= 15 is 0 Å². The van der Waals surface area contributed by atoms with Gasteiger partial charge in [-0.1, -0.05) is 19.6 Å². The summed E-state index contributed by atoms with van der Waals surface area (Å²) in [5.74, 6) is 0.0922. The number of aryl methyl sites for hydroxylation is 1. The molecule has 0 aliphatic carbocycles. The second-order valence-electron chi connectivity index (χ2n) is 8.88. The van der Waals surface area contributed by atoms with Crippen LogP contribution >= 0.6 is 11.5 Å². The molecule has 12 heteroatoms. The lowest BCUT2D eigenvalue weighted by molar-refractivity contribution is 0.0595. The molecule has 0 radical (unpaired) electrons. The van der Waals surface area contributed by atoms with Gasteiger partial charge in [0.2, 0.25) is 0 Å². The predicted molar refractivity (Wildman–Crippen MR) is 130 cm³/mol. The molecule has 0 aliphatic rings. The van der Waals surface area contributed by atoms with Gasteiger partial charge in [0.15, 0.2) is 17.2 Å². The van der Waals surface area contributed by atoms with Crippen molar-refractivity contribution in [3.8, 4) is 11.3 Å². The molecule has 4 aromatic rings. The van der Waals surface area contributed by atoms with E-state index in [-0.39, 0.29) is 5.69 Å². The maximum Gasteiger partial charge on any atom is 0.357 e. The van der Waals surface area contributed by atoms with Crippen LogP contribution in [0.5, 0.6) is 0 Å². The van der Waals surface area contributed by atoms with E-state index in [1.165, 1.54) is 7.11 Å². The van der Waals surface area contributed by atoms with E-state index in [0.29, 0.717) is 23.2 Å². The van der Waals surface area contributed by atoms with Crippen LogP contribution in [-0.4, -0.2) is 56.3 Å². The van der Waals surface area contributed by atoms with Gasteiger partial charge < -0.3 is 14.8 Å². The molecule has 4 aromatic heterocycles. The summed E-state index contributed by atoms with van der Waals surface area (Å²) in [6.45, 7) is 10.1. The Morgan fingerprint density at radius 2 is 2.06 bits per heavy atom. The van der Waals surface area contributed by atoms with E-state index in [1.807, 2.05) is 23.7 Å². The Hall–Kier alpha value is -3.09. The van der Waals surface area contributed by atoms with Gasteiger partial charge in [-0.05, 0) is 24.5 Å². The molecule has 0 bridgehead atoms. The first kappa shape index (κ1) is 23.1. The van der Waals surface area contributed by atoms with E-state index in [1.54, 1.807) is 23.1 Å². The van der Waals surface area contributed by atoms with E-state index in [0.717, 1.165) is 41.1 Å². The summed E-state index contributed by atoms with van der Waals surface area (Å²) in [6, 6.07) is 2.75. The van der Waals surface area contributed by atoms with Gasteiger partial charge in [-0.25, -0.2) is 19.4 Å². The van der Waals surface area contributed by atoms with Gasteiger partial charge in [0.1, 0.15) is 11.7 Å². The minimum Gasteiger partial charge on any atom is -0.464 e. The molecule has 33 heavy (non-hydrogen) atoms. The zero-order chi connectivity index (χ0) is 23.6. The van der Waals surface area contributed by atoms with Gasteiger partial charge in [0, 0.05) is 38.7 Å². The van der Waals surface area contributed by atoms with Gasteiger partial charge >= 0.3 is 5.97 Å². The Kier molecular flexibility index (Phi) is 6.58. The number of carbonyl (C=O) groups is 1. The minimum atomic E-state index is -1.11. The molecule has 0 atom stereocenters. The van der Waals surface area contributed by atoms with Crippen molar-refractivity contribution in [3.63, 3.8) is 0 Å². The molecular formula is C21H27N7O3SSi.